The first-order valence-corrected chi connectivity index (χ1v) is 11.3. The van der Waals surface area contributed by atoms with Crippen LogP contribution in [-0.4, -0.2) is 65.9 Å². The molecule has 0 aliphatic carbocycles. The first kappa shape index (κ1) is 38.1. The molecule has 0 heterocycles. The van der Waals surface area contributed by atoms with Gasteiger partial charge in [0.25, 0.3) is 0 Å². The molecule has 0 aliphatic rings. The number of hydrogen-bond donors (Lipinski definition) is 0. The summed E-state index contributed by atoms with van der Waals surface area (Å²) in [5.74, 6) is -56.9. The lowest BCUT2D eigenvalue weighted by atomic mass is 9.87. The molecule has 0 bridgehead atoms. The molecular weight excluding hydrogens is 645 g/mol. The van der Waals surface area contributed by atoms with E-state index >= 15 is 0 Å². The molecule has 0 unspecified atom stereocenters. The summed E-state index contributed by atoms with van der Waals surface area (Å²) in [5.41, 5.74) is -2.25. The van der Waals surface area contributed by atoms with Crippen molar-refractivity contribution in [3.63, 3.8) is 0 Å². The Balaban J connectivity index is 3.34. The van der Waals surface area contributed by atoms with Crippen LogP contribution >= 0.6 is 0 Å². The number of rotatable bonds is 13. The van der Waals surface area contributed by atoms with Crippen molar-refractivity contribution < 1.29 is 84.2 Å². The van der Waals surface area contributed by atoms with Gasteiger partial charge in [-0.2, -0.15) is 74.6 Å². The molecule has 0 radical (unpaired) electrons. The van der Waals surface area contributed by atoms with Gasteiger partial charge >= 0.3 is 53.7 Å². The zero-order chi connectivity index (χ0) is 34.3. The summed E-state index contributed by atoms with van der Waals surface area (Å²) >= 11 is 0. The second-order valence-corrected chi connectivity index (χ2v) is 9.51. The van der Waals surface area contributed by atoms with Gasteiger partial charge in [0.1, 0.15) is 5.60 Å². The number of nitrogens with zero attached hydrogens (tertiary/aromatic N) is 1. The predicted molar refractivity (Wildman–Crippen MR) is 114 cm³/mol. The quantitative estimate of drug-likeness (QED) is 0.155. The topological polar surface area (TPSA) is 29.5 Å². The largest absolute Gasteiger partial charge is 0.460 e. The van der Waals surface area contributed by atoms with Crippen LogP contribution in [0.2, 0.25) is 0 Å². The molecule has 0 aromatic heterocycles. The van der Waals surface area contributed by atoms with Crippen LogP contribution in [0.1, 0.15) is 26.7 Å². The number of hydrogen-bond acceptors (Lipinski definition) is 2. The number of benzene rings is 1. The third kappa shape index (κ3) is 6.46. The number of anilines is 1. The Morgan fingerprint density at radius 1 is 0.674 bits per heavy atom. The lowest BCUT2D eigenvalue weighted by Crippen LogP contribution is -2.74. The van der Waals surface area contributed by atoms with E-state index in [1.165, 1.54) is 30.3 Å². The van der Waals surface area contributed by atoms with Gasteiger partial charge in [-0.15, -0.1) is 6.58 Å². The number of amides is 1. The van der Waals surface area contributed by atoms with Gasteiger partial charge in [-0.25, -0.2) is 4.79 Å². The predicted octanol–water partition coefficient (Wildman–Crippen LogP) is 9.38. The van der Waals surface area contributed by atoms with E-state index in [0.717, 1.165) is 24.8 Å². The van der Waals surface area contributed by atoms with Gasteiger partial charge in [0.15, 0.2) is 0 Å². The highest BCUT2D eigenvalue weighted by atomic mass is 19.4. The Bertz CT molecular complexity index is 1130. The average Bonchev–Trinajstić information content (AvgIpc) is 2.85. The lowest BCUT2D eigenvalue weighted by Gasteiger charge is -2.43. The Hall–Kier alpha value is -2.96. The van der Waals surface area contributed by atoms with E-state index in [2.05, 4.69) is 6.58 Å². The second-order valence-electron chi connectivity index (χ2n) is 9.51. The molecule has 0 fully saturated rings. The summed E-state index contributed by atoms with van der Waals surface area (Å²) in [6, 6.07) is 7.01. The van der Waals surface area contributed by atoms with Crippen LogP contribution in [0, 0.1) is 0 Å². The maximum absolute atomic E-state index is 14.3. The van der Waals surface area contributed by atoms with Gasteiger partial charge in [-0.3, -0.25) is 4.90 Å². The second kappa shape index (κ2) is 11.5. The molecule has 0 saturated carbocycles. The summed E-state index contributed by atoms with van der Waals surface area (Å²) in [4.78, 5) is 13.3. The van der Waals surface area contributed by atoms with Crippen molar-refractivity contribution in [2.24, 2.45) is 0 Å². The zero-order valence-electron chi connectivity index (χ0n) is 21.5. The lowest BCUT2D eigenvalue weighted by molar-refractivity contribution is -0.462. The molecule has 20 heteroatoms. The van der Waals surface area contributed by atoms with Crippen LogP contribution in [0.15, 0.2) is 43.0 Å². The van der Waals surface area contributed by atoms with E-state index in [9.17, 15) is 79.4 Å². The summed E-state index contributed by atoms with van der Waals surface area (Å²) in [6.07, 6.45) is -12.4. The number of ether oxygens (including phenoxy) is 1. The Morgan fingerprint density at radius 2 is 1.07 bits per heavy atom. The van der Waals surface area contributed by atoms with E-state index in [1.54, 1.807) is 0 Å². The van der Waals surface area contributed by atoms with Crippen molar-refractivity contribution in [3.8, 4) is 0 Å². The van der Waals surface area contributed by atoms with Crippen molar-refractivity contribution in [3.05, 3.63) is 43.0 Å². The summed E-state index contributed by atoms with van der Waals surface area (Å²) in [6.45, 7) is 4.47. The van der Waals surface area contributed by atoms with E-state index in [4.69, 9.17) is 4.74 Å². The minimum atomic E-state index is -8.69. The Kier molecular flexibility index (Phi) is 10.2. The Morgan fingerprint density at radius 3 is 1.47 bits per heavy atom. The number of para-hydroxylation sites is 1. The molecular formula is C23H20F17NO2. The monoisotopic (exact) mass is 665 g/mol. The molecule has 0 spiro atoms. The fourth-order valence-electron chi connectivity index (χ4n) is 3.18. The van der Waals surface area contributed by atoms with E-state index in [1.807, 2.05) is 0 Å². The normalized spacial score (nSPS) is 14.9. The van der Waals surface area contributed by atoms with Gasteiger partial charge in [0.2, 0.25) is 0 Å². The van der Waals surface area contributed by atoms with Crippen molar-refractivity contribution in [2.45, 2.75) is 79.9 Å². The Labute approximate surface area is 231 Å². The van der Waals surface area contributed by atoms with Gasteiger partial charge in [-0.05, 0) is 32.4 Å². The molecule has 248 valence electrons. The van der Waals surface area contributed by atoms with Gasteiger partial charge in [0, 0.05) is 18.7 Å². The summed E-state index contributed by atoms with van der Waals surface area (Å²) in [7, 11) is 0. The number of carbonyl (C=O) groups is 1. The van der Waals surface area contributed by atoms with Crippen LogP contribution in [0.4, 0.5) is 85.1 Å². The first-order chi connectivity index (χ1) is 18.9. The smallest absolute Gasteiger partial charge is 0.443 e. The molecule has 0 atom stereocenters. The molecule has 43 heavy (non-hydrogen) atoms. The molecule has 0 N–H and O–H groups in total. The van der Waals surface area contributed by atoms with Gasteiger partial charge in [-0.1, -0.05) is 24.3 Å². The average molecular weight is 665 g/mol. The molecule has 1 aromatic rings. The van der Waals surface area contributed by atoms with Gasteiger partial charge in [0.05, 0.1) is 0 Å². The standard InChI is InChI=1S/C23H20F17NO2/c1-4-12-41(13-8-6-5-7-9-13)14(42)43-15(2,3)10-11-16(24,25)17(26,27)18(28,29)19(30,31)20(32,33)21(34,35)22(36,37)23(38,39)40/h4-9H,1,10-12H2,2-3H3. The van der Waals surface area contributed by atoms with Crippen molar-refractivity contribution in [2.75, 3.05) is 11.4 Å². The third-order valence-corrected chi connectivity index (χ3v) is 5.79. The maximum atomic E-state index is 14.3. The fourth-order valence-corrected chi connectivity index (χ4v) is 3.18. The highest BCUT2D eigenvalue weighted by Crippen LogP contribution is 2.64. The van der Waals surface area contributed by atoms with E-state index in [-0.39, 0.29) is 12.2 Å². The SMILES string of the molecule is C=CCN(C(=O)OC(C)(C)CCC(F)(F)C(F)(F)C(F)(F)C(F)(F)C(F)(F)C(F)(F)C(F)(F)C(F)(F)F)c1ccccc1. The highest BCUT2D eigenvalue weighted by molar-refractivity contribution is 5.88. The van der Waals surface area contributed by atoms with Crippen LogP contribution < -0.4 is 4.90 Å². The minimum Gasteiger partial charge on any atom is -0.443 e. The molecule has 1 aromatic carbocycles. The number of alkyl halides is 17. The molecule has 1 amide bonds. The molecule has 0 saturated heterocycles. The maximum Gasteiger partial charge on any atom is 0.460 e. The summed E-state index contributed by atoms with van der Waals surface area (Å²) in [5, 5.41) is 0. The van der Waals surface area contributed by atoms with E-state index in [0.29, 0.717) is 0 Å². The number of halogens is 17. The number of carbonyl (C=O) groups excluding carboxylic acids is 1. The highest BCUT2D eigenvalue weighted by Gasteiger charge is 2.95. The third-order valence-electron chi connectivity index (χ3n) is 5.79. The van der Waals surface area contributed by atoms with E-state index < -0.39 is 72.2 Å². The fraction of sp³-hybridized carbons (Fsp3) is 0.609. The van der Waals surface area contributed by atoms with Crippen LogP contribution in [0.25, 0.3) is 0 Å². The zero-order valence-corrected chi connectivity index (χ0v) is 21.5. The van der Waals surface area contributed by atoms with Crippen LogP contribution in [0.5, 0.6) is 0 Å². The molecule has 1 rings (SSSR count). The summed E-state index contributed by atoms with van der Waals surface area (Å²) < 4.78 is 233. The van der Waals surface area contributed by atoms with Crippen molar-refractivity contribution in [1.29, 1.82) is 0 Å². The molecule has 0 aliphatic heterocycles. The first-order valence-electron chi connectivity index (χ1n) is 11.3. The van der Waals surface area contributed by atoms with Gasteiger partial charge < -0.3 is 4.74 Å². The van der Waals surface area contributed by atoms with Crippen LogP contribution in [0.3, 0.4) is 0 Å². The van der Waals surface area contributed by atoms with Crippen LogP contribution in [-0.2, 0) is 4.74 Å². The van der Waals surface area contributed by atoms with Crippen molar-refractivity contribution in [1.82, 2.24) is 0 Å². The van der Waals surface area contributed by atoms with Crippen molar-refractivity contribution >= 4 is 11.8 Å². The minimum absolute atomic E-state index is 0.107. The molecule has 3 nitrogen and oxygen atoms in total.